The van der Waals surface area contributed by atoms with E-state index >= 15 is 0 Å². The van der Waals surface area contributed by atoms with Gasteiger partial charge < -0.3 is 10.2 Å². The van der Waals surface area contributed by atoms with Crippen LogP contribution in [0.15, 0.2) is 0 Å². The van der Waals surface area contributed by atoms with Crippen molar-refractivity contribution in [3.63, 3.8) is 0 Å². The number of nitrogens with zero attached hydrogens (tertiary/aromatic N) is 2. The smallest absolute Gasteiger partial charge is 0.0195 e. The molecule has 3 nitrogen and oxygen atoms in total. The molecule has 1 heterocycles. The number of nitrogens with one attached hydrogen (secondary N) is 1. The monoisotopic (exact) mass is 269 g/mol. The van der Waals surface area contributed by atoms with Crippen LogP contribution >= 0.6 is 0 Å². The van der Waals surface area contributed by atoms with Crippen molar-refractivity contribution in [1.82, 2.24) is 15.1 Å². The van der Waals surface area contributed by atoms with Crippen molar-refractivity contribution < 1.29 is 0 Å². The molecular formula is C16H35N3. The van der Waals surface area contributed by atoms with E-state index in [-0.39, 0.29) is 0 Å². The molecule has 1 aliphatic heterocycles. The summed E-state index contributed by atoms with van der Waals surface area (Å²) in [6, 6.07) is 1.35. The number of rotatable bonds is 7. The predicted octanol–water partition coefficient (Wildman–Crippen LogP) is 2.43. The standard InChI is InChI=1S/C16H35N3/c1-14(2)7-8-15(3)17-9-12-19-11-6-10-18(5)13-16(19)4/h14-17H,6-13H2,1-5H3. The highest BCUT2D eigenvalue weighted by atomic mass is 15.2. The molecule has 0 bridgehead atoms. The summed E-state index contributed by atoms with van der Waals surface area (Å²) in [5.41, 5.74) is 0. The van der Waals surface area contributed by atoms with Gasteiger partial charge in [-0.05, 0) is 59.2 Å². The maximum Gasteiger partial charge on any atom is 0.0195 e. The molecule has 0 spiro atoms. The molecule has 1 aliphatic rings. The van der Waals surface area contributed by atoms with Crippen molar-refractivity contribution in [1.29, 1.82) is 0 Å². The minimum Gasteiger partial charge on any atom is -0.313 e. The third kappa shape index (κ3) is 7.28. The highest BCUT2D eigenvalue weighted by Crippen LogP contribution is 2.08. The molecule has 1 N–H and O–H groups in total. The molecule has 1 saturated heterocycles. The van der Waals surface area contributed by atoms with E-state index in [9.17, 15) is 0 Å². The van der Waals surface area contributed by atoms with Gasteiger partial charge in [-0.2, -0.15) is 0 Å². The first kappa shape index (κ1) is 16.9. The zero-order valence-corrected chi connectivity index (χ0v) is 13.8. The van der Waals surface area contributed by atoms with Gasteiger partial charge in [0.15, 0.2) is 0 Å². The minimum absolute atomic E-state index is 0.660. The van der Waals surface area contributed by atoms with Crippen LogP contribution in [0.2, 0.25) is 0 Å². The van der Waals surface area contributed by atoms with Crippen molar-refractivity contribution >= 4 is 0 Å². The number of likely N-dealkylation sites (N-methyl/N-ethyl adjacent to an activating group) is 1. The van der Waals surface area contributed by atoms with Crippen molar-refractivity contribution in [2.45, 2.75) is 59.0 Å². The van der Waals surface area contributed by atoms with Crippen LogP contribution < -0.4 is 5.32 Å². The fourth-order valence-electron chi connectivity index (χ4n) is 2.89. The first-order valence-electron chi connectivity index (χ1n) is 8.15. The van der Waals surface area contributed by atoms with E-state index in [0.717, 1.165) is 12.5 Å². The Labute approximate surface area is 120 Å². The van der Waals surface area contributed by atoms with E-state index in [1.807, 2.05) is 0 Å². The maximum absolute atomic E-state index is 3.68. The second-order valence-corrected chi connectivity index (χ2v) is 6.83. The van der Waals surface area contributed by atoms with Crippen LogP contribution in [0.5, 0.6) is 0 Å². The molecule has 0 aromatic rings. The summed E-state index contributed by atoms with van der Waals surface area (Å²) in [6.07, 6.45) is 3.94. The van der Waals surface area contributed by atoms with Gasteiger partial charge in [0.25, 0.3) is 0 Å². The summed E-state index contributed by atoms with van der Waals surface area (Å²) in [7, 11) is 2.24. The molecule has 2 unspecified atom stereocenters. The molecular weight excluding hydrogens is 234 g/mol. The van der Waals surface area contributed by atoms with Gasteiger partial charge in [0.2, 0.25) is 0 Å². The van der Waals surface area contributed by atoms with Crippen LogP contribution in [0.4, 0.5) is 0 Å². The van der Waals surface area contributed by atoms with Crippen LogP contribution in [0.1, 0.15) is 47.0 Å². The van der Waals surface area contributed by atoms with Gasteiger partial charge >= 0.3 is 0 Å². The Morgan fingerprint density at radius 3 is 2.58 bits per heavy atom. The summed E-state index contributed by atoms with van der Waals surface area (Å²) in [5, 5.41) is 3.68. The largest absolute Gasteiger partial charge is 0.313 e. The van der Waals surface area contributed by atoms with Gasteiger partial charge in [0.05, 0.1) is 0 Å². The van der Waals surface area contributed by atoms with Crippen LogP contribution in [0.25, 0.3) is 0 Å². The van der Waals surface area contributed by atoms with Crippen LogP contribution in [-0.4, -0.2) is 61.7 Å². The normalized spacial score (nSPS) is 24.6. The summed E-state index contributed by atoms with van der Waals surface area (Å²) >= 11 is 0. The van der Waals surface area contributed by atoms with Gasteiger partial charge in [-0.15, -0.1) is 0 Å². The van der Waals surface area contributed by atoms with E-state index in [4.69, 9.17) is 0 Å². The van der Waals surface area contributed by atoms with Crippen molar-refractivity contribution in [2.75, 3.05) is 39.8 Å². The Kier molecular flexibility index (Phi) is 7.96. The van der Waals surface area contributed by atoms with E-state index in [1.54, 1.807) is 0 Å². The molecule has 0 aliphatic carbocycles. The molecule has 19 heavy (non-hydrogen) atoms. The minimum atomic E-state index is 0.660. The van der Waals surface area contributed by atoms with Crippen molar-refractivity contribution in [3.8, 4) is 0 Å². The molecule has 0 saturated carbocycles. The molecule has 0 amide bonds. The molecule has 2 atom stereocenters. The molecule has 0 aromatic carbocycles. The fraction of sp³-hybridized carbons (Fsp3) is 1.00. The topological polar surface area (TPSA) is 18.5 Å². The maximum atomic E-state index is 3.68. The van der Waals surface area contributed by atoms with Crippen molar-refractivity contribution in [3.05, 3.63) is 0 Å². The van der Waals surface area contributed by atoms with Gasteiger partial charge in [-0.25, -0.2) is 0 Å². The third-order valence-electron chi connectivity index (χ3n) is 4.25. The average molecular weight is 269 g/mol. The Morgan fingerprint density at radius 2 is 1.89 bits per heavy atom. The van der Waals surface area contributed by atoms with E-state index in [2.05, 4.69) is 49.9 Å². The Balaban J connectivity index is 2.17. The zero-order chi connectivity index (χ0) is 14.3. The zero-order valence-electron chi connectivity index (χ0n) is 13.8. The summed E-state index contributed by atoms with van der Waals surface area (Å²) < 4.78 is 0. The predicted molar refractivity (Wildman–Crippen MR) is 84.7 cm³/mol. The summed E-state index contributed by atoms with van der Waals surface area (Å²) in [6.45, 7) is 15.3. The number of hydrogen-bond acceptors (Lipinski definition) is 3. The van der Waals surface area contributed by atoms with Crippen LogP contribution in [-0.2, 0) is 0 Å². The lowest BCUT2D eigenvalue weighted by Gasteiger charge is -2.28. The Morgan fingerprint density at radius 1 is 1.16 bits per heavy atom. The fourth-order valence-corrected chi connectivity index (χ4v) is 2.89. The first-order chi connectivity index (χ1) is 8.99. The van der Waals surface area contributed by atoms with E-state index in [0.29, 0.717) is 12.1 Å². The van der Waals surface area contributed by atoms with Crippen LogP contribution in [0.3, 0.4) is 0 Å². The molecule has 1 fully saturated rings. The number of hydrogen-bond donors (Lipinski definition) is 1. The lowest BCUT2D eigenvalue weighted by Crippen LogP contribution is -2.42. The van der Waals surface area contributed by atoms with Gasteiger partial charge in [-0.1, -0.05) is 13.8 Å². The third-order valence-corrected chi connectivity index (χ3v) is 4.25. The van der Waals surface area contributed by atoms with Gasteiger partial charge in [0, 0.05) is 31.7 Å². The lowest BCUT2D eigenvalue weighted by molar-refractivity contribution is 0.200. The molecule has 0 aromatic heterocycles. The molecule has 114 valence electrons. The van der Waals surface area contributed by atoms with E-state index in [1.165, 1.54) is 45.4 Å². The SMILES string of the molecule is CC(C)CCC(C)NCCN1CCCN(C)CC1C. The molecule has 3 heteroatoms. The molecule has 0 radical (unpaired) electrons. The molecule has 1 rings (SSSR count). The summed E-state index contributed by atoms with van der Waals surface area (Å²) in [5.74, 6) is 0.824. The van der Waals surface area contributed by atoms with Crippen molar-refractivity contribution in [2.24, 2.45) is 5.92 Å². The van der Waals surface area contributed by atoms with Gasteiger partial charge in [-0.3, -0.25) is 4.90 Å². The second kappa shape index (κ2) is 8.93. The lowest BCUT2D eigenvalue weighted by atomic mass is 10.0. The quantitative estimate of drug-likeness (QED) is 0.766. The van der Waals surface area contributed by atoms with E-state index < -0.39 is 0 Å². The first-order valence-corrected chi connectivity index (χ1v) is 8.15. The highest BCUT2D eigenvalue weighted by molar-refractivity contribution is 4.76. The highest BCUT2D eigenvalue weighted by Gasteiger charge is 2.18. The summed E-state index contributed by atoms with van der Waals surface area (Å²) in [4.78, 5) is 5.11. The van der Waals surface area contributed by atoms with Gasteiger partial charge in [0.1, 0.15) is 0 Å². The Bertz CT molecular complexity index is 230. The second-order valence-electron chi connectivity index (χ2n) is 6.83. The average Bonchev–Trinajstić information content (AvgIpc) is 2.48. The Hall–Kier alpha value is -0.120. The van der Waals surface area contributed by atoms with Crippen LogP contribution in [0, 0.1) is 5.92 Å².